The van der Waals surface area contributed by atoms with Crippen LogP contribution in [0.2, 0.25) is 0 Å². The van der Waals surface area contributed by atoms with Gasteiger partial charge in [-0.25, -0.2) is 9.07 Å². The number of nitrogens with one attached hydrogen (secondary N) is 2. The number of aromatic nitrogens is 3. The first-order valence-electron chi connectivity index (χ1n) is 8.59. The number of carbonyl (C=O) groups is 1. The maximum atomic E-state index is 14.5. The van der Waals surface area contributed by atoms with Crippen LogP contribution < -0.4 is 15.5 Å². The van der Waals surface area contributed by atoms with E-state index in [1.807, 2.05) is 13.8 Å². The molecule has 1 aliphatic rings. The molecule has 144 valence electrons. The van der Waals surface area contributed by atoms with Gasteiger partial charge in [0.05, 0.1) is 36.8 Å². The van der Waals surface area contributed by atoms with E-state index in [2.05, 4.69) is 20.9 Å². The zero-order chi connectivity index (χ0) is 19.4. The first-order chi connectivity index (χ1) is 12.9. The molecule has 1 aromatic carbocycles. The van der Waals surface area contributed by atoms with Gasteiger partial charge in [0, 0.05) is 19.2 Å². The summed E-state index contributed by atoms with van der Waals surface area (Å²) in [6.45, 7) is 5.35. The lowest BCUT2D eigenvalue weighted by molar-refractivity contribution is -0.120. The maximum Gasteiger partial charge on any atom is 0.257 e. The summed E-state index contributed by atoms with van der Waals surface area (Å²) < 4.78 is 21.4. The van der Waals surface area contributed by atoms with Crippen LogP contribution in [0.4, 0.5) is 10.1 Å². The fourth-order valence-electron chi connectivity index (χ4n) is 2.66. The highest BCUT2D eigenvalue weighted by Crippen LogP contribution is 2.22. The zero-order valence-corrected chi connectivity index (χ0v) is 15.9. The van der Waals surface area contributed by atoms with Crippen LogP contribution in [0, 0.1) is 5.82 Å². The molecule has 1 amide bonds. The first kappa shape index (κ1) is 19.0. The highest BCUT2D eigenvalue weighted by molar-refractivity contribution is 7.80. The molecule has 8 nitrogen and oxygen atoms in total. The molecule has 0 unspecified atom stereocenters. The number of nitrogens with zero attached hydrogens (tertiary/aromatic N) is 4. The third-order valence-corrected chi connectivity index (χ3v) is 4.11. The molecule has 10 heteroatoms. The third kappa shape index (κ3) is 4.91. The van der Waals surface area contributed by atoms with Gasteiger partial charge in [0.2, 0.25) is 5.91 Å². The zero-order valence-electron chi connectivity index (χ0n) is 15.1. The molecule has 1 aromatic heterocycles. The molecule has 1 fully saturated rings. The average Bonchev–Trinajstić information content (AvgIpc) is 3.08. The number of ether oxygens (including phenoxy) is 1. The Kier molecular flexibility index (Phi) is 5.84. The first-order valence-corrected chi connectivity index (χ1v) is 9.00. The van der Waals surface area contributed by atoms with E-state index in [4.69, 9.17) is 17.0 Å². The molecule has 0 atom stereocenters. The van der Waals surface area contributed by atoms with Crippen molar-refractivity contribution in [3.05, 3.63) is 35.9 Å². The molecule has 1 aliphatic heterocycles. The highest BCUT2D eigenvalue weighted by atomic mass is 32.1. The topological polar surface area (TPSA) is 84.3 Å². The average molecular weight is 392 g/mol. The number of hydrogen-bond acceptors (Lipinski definition) is 6. The maximum absolute atomic E-state index is 14.5. The molecule has 2 heterocycles. The molecule has 0 spiro atoms. The van der Waals surface area contributed by atoms with Gasteiger partial charge in [-0.2, -0.15) is 0 Å². The summed E-state index contributed by atoms with van der Waals surface area (Å²) in [5.41, 5.74) is 1.58. The van der Waals surface area contributed by atoms with Gasteiger partial charge in [0.25, 0.3) is 5.17 Å². The SMILES string of the molecule is CC(C)OC(=S)NCc1cn(-c2ccc(N3CCNC(=O)C3)c(F)c2)nn1. The van der Waals surface area contributed by atoms with Crippen molar-refractivity contribution in [3.63, 3.8) is 0 Å². The quantitative estimate of drug-likeness (QED) is 0.738. The molecule has 3 rings (SSSR count). The molecule has 27 heavy (non-hydrogen) atoms. The van der Waals surface area contributed by atoms with Crippen LogP contribution in [0.25, 0.3) is 5.69 Å². The summed E-state index contributed by atoms with van der Waals surface area (Å²) in [7, 11) is 0. The molecular weight excluding hydrogens is 371 g/mol. The number of amides is 1. The largest absolute Gasteiger partial charge is 0.468 e. The minimum atomic E-state index is -0.413. The summed E-state index contributed by atoms with van der Waals surface area (Å²) >= 11 is 5.06. The lowest BCUT2D eigenvalue weighted by Gasteiger charge is -2.28. The number of benzene rings is 1. The summed E-state index contributed by atoms with van der Waals surface area (Å²) in [5, 5.41) is 14.0. The van der Waals surface area contributed by atoms with Crippen molar-refractivity contribution < 1.29 is 13.9 Å². The molecule has 2 aromatic rings. The van der Waals surface area contributed by atoms with Gasteiger partial charge in [0.15, 0.2) is 0 Å². The van der Waals surface area contributed by atoms with Gasteiger partial charge in [-0.1, -0.05) is 5.21 Å². The van der Waals surface area contributed by atoms with Gasteiger partial charge in [-0.3, -0.25) is 4.79 Å². The van der Waals surface area contributed by atoms with Crippen molar-refractivity contribution in [1.82, 2.24) is 25.6 Å². The molecule has 1 saturated heterocycles. The Labute approximate surface area is 161 Å². The normalized spacial score (nSPS) is 14.2. The molecule has 0 radical (unpaired) electrons. The van der Waals surface area contributed by atoms with E-state index in [9.17, 15) is 9.18 Å². The minimum Gasteiger partial charge on any atom is -0.468 e. The van der Waals surface area contributed by atoms with Crippen LogP contribution in [-0.4, -0.2) is 51.8 Å². The highest BCUT2D eigenvalue weighted by Gasteiger charge is 2.19. The number of carbonyl (C=O) groups excluding carboxylic acids is 1. The van der Waals surface area contributed by atoms with E-state index in [0.717, 1.165) is 0 Å². The van der Waals surface area contributed by atoms with Gasteiger partial charge < -0.3 is 20.3 Å². The lowest BCUT2D eigenvalue weighted by Crippen LogP contribution is -2.48. The second-order valence-electron chi connectivity index (χ2n) is 6.37. The number of rotatable bonds is 5. The molecule has 0 aliphatic carbocycles. The van der Waals surface area contributed by atoms with Crippen LogP contribution in [0.3, 0.4) is 0 Å². The van der Waals surface area contributed by atoms with E-state index in [0.29, 0.717) is 41.9 Å². The van der Waals surface area contributed by atoms with E-state index in [-0.39, 0.29) is 18.6 Å². The van der Waals surface area contributed by atoms with Crippen molar-refractivity contribution in [2.24, 2.45) is 0 Å². The van der Waals surface area contributed by atoms with Crippen LogP contribution in [-0.2, 0) is 16.1 Å². The van der Waals surface area contributed by atoms with E-state index >= 15 is 0 Å². The molecular formula is C17H21FN6O2S. The number of halogens is 1. The van der Waals surface area contributed by atoms with Crippen molar-refractivity contribution in [2.75, 3.05) is 24.5 Å². The monoisotopic (exact) mass is 392 g/mol. The number of hydrogen-bond donors (Lipinski definition) is 2. The summed E-state index contributed by atoms with van der Waals surface area (Å²) in [5.74, 6) is -0.526. The standard InChI is InChI=1S/C17H21FN6O2S/c1-11(2)26-17(27)20-8-12-9-24(22-21-12)13-3-4-15(14(18)7-13)23-6-5-19-16(25)10-23/h3-4,7,9,11H,5-6,8,10H2,1-2H3,(H,19,25)(H,20,27). The Hall–Kier alpha value is -2.75. The van der Waals surface area contributed by atoms with E-state index < -0.39 is 5.82 Å². The third-order valence-electron chi connectivity index (χ3n) is 3.87. The van der Waals surface area contributed by atoms with E-state index in [1.165, 1.54) is 10.7 Å². The number of anilines is 1. The number of piperazine rings is 1. The molecule has 0 saturated carbocycles. The number of thiocarbonyl (C=S) groups is 1. The van der Waals surface area contributed by atoms with Crippen molar-refractivity contribution >= 4 is 29.0 Å². The summed E-state index contributed by atoms with van der Waals surface area (Å²) in [6, 6.07) is 4.76. The fraction of sp³-hybridized carbons (Fsp3) is 0.412. The van der Waals surface area contributed by atoms with Crippen molar-refractivity contribution in [3.8, 4) is 5.69 Å². The molecule has 0 bridgehead atoms. The Morgan fingerprint density at radius 2 is 2.30 bits per heavy atom. The van der Waals surface area contributed by atoms with Crippen LogP contribution in [0.5, 0.6) is 0 Å². The predicted octanol–water partition coefficient (Wildman–Crippen LogP) is 1.14. The van der Waals surface area contributed by atoms with E-state index in [1.54, 1.807) is 23.2 Å². The summed E-state index contributed by atoms with van der Waals surface area (Å²) in [4.78, 5) is 13.2. The van der Waals surface area contributed by atoms with Crippen LogP contribution in [0.1, 0.15) is 19.5 Å². The van der Waals surface area contributed by atoms with Gasteiger partial charge in [-0.05, 0) is 38.2 Å². The second-order valence-corrected chi connectivity index (χ2v) is 6.74. The van der Waals surface area contributed by atoms with Gasteiger partial charge in [0.1, 0.15) is 11.5 Å². The van der Waals surface area contributed by atoms with Crippen molar-refractivity contribution in [1.29, 1.82) is 0 Å². The Morgan fingerprint density at radius 1 is 1.48 bits per heavy atom. The fourth-order valence-corrected chi connectivity index (χ4v) is 2.93. The summed E-state index contributed by atoms with van der Waals surface area (Å²) in [6.07, 6.45) is 1.68. The van der Waals surface area contributed by atoms with Gasteiger partial charge >= 0.3 is 0 Å². The van der Waals surface area contributed by atoms with Gasteiger partial charge in [-0.15, -0.1) is 5.10 Å². The Bertz CT molecular complexity index is 841. The smallest absolute Gasteiger partial charge is 0.257 e. The molecule has 2 N–H and O–H groups in total. The second kappa shape index (κ2) is 8.30. The Morgan fingerprint density at radius 3 is 3.00 bits per heavy atom. The van der Waals surface area contributed by atoms with Crippen molar-refractivity contribution in [2.45, 2.75) is 26.5 Å². The van der Waals surface area contributed by atoms with Crippen LogP contribution in [0.15, 0.2) is 24.4 Å². The minimum absolute atomic E-state index is 0.00634. The Balaban J connectivity index is 1.67. The van der Waals surface area contributed by atoms with Crippen LogP contribution >= 0.6 is 12.2 Å². The lowest BCUT2D eigenvalue weighted by atomic mass is 10.2. The predicted molar refractivity (Wildman–Crippen MR) is 102 cm³/mol.